The molecule has 0 spiro atoms. The lowest BCUT2D eigenvalue weighted by Crippen LogP contribution is -2.50. The Labute approximate surface area is 162 Å². The first-order valence-corrected chi connectivity index (χ1v) is 10.4. The summed E-state index contributed by atoms with van der Waals surface area (Å²) in [4.78, 5) is 15.4. The molecule has 0 aromatic carbocycles. The third-order valence-corrected chi connectivity index (χ3v) is 7.05. The predicted octanol–water partition coefficient (Wildman–Crippen LogP) is 3.81. The number of hydrogen-bond acceptors (Lipinski definition) is 4. The first-order valence-electron chi connectivity index (χ1n) is 9.50. The zero-order valence-electron chi connectivity index (χ0n) is 16.0. The van der Waals surface area contributed by atoms with Crippen molar-refractivity contribution in [1.82, 2.24) is 4.90 Å². The molecule has 4 nitrogen and oxygen atoms in total. The normalized spacial score (nSPS) is 26.8. The molecule has 2 aliphatic rings. The number of halogens is 3. The van der Waals surface area contributed by atoms with E-state index in [1.54, 1.807) is 6.07 Å². The monoisotopic (exact) mass is 403 g/mol. The maximum atomic E-state index is 13.3. The van der Waals surface area contributed by atoms with Crippen LogP contribution in [0.4, 0.5) is 18.9 Å². The lowest BCUT2D eigenvalue weighted by atomic mass is 9.94. The van der Waals surface area contributed by atoms with Crippen molar-refractivity contribution in [2.24, 2.45) is 23.5 Å². The van der Waals surface area contributed by atoms with E-state index < -0.39 is 11.1 Å². The average Bonchev–Trinajstić information content (AvgIpc) is 3.24. The van der Waals surface area contributed by atoms with E-state index in [-0.39, 0.29) is 23.9 Å². The molecule has 152 valence electrons. The van der Waals surface area contributed by atoms with Gasteiger partial charge in [0.05, 0.1) is 11.7 Å². The van der Waals surface area contributed by atoms with Gasteiger partial charge in [0.15, 0.2) is 0 Å². The highest BCUT2D eigenvalue weighted by atomic mass is 32.1. The molecule has 27 heavy (non-hydrogen) atoms. The first-order chi connectivity index (χ1) is 12.6. The van der Waals surface area contributed by atoms with Gasteiger partial charge in [0.2, 0.25) is 5.91 Å². The predicted molar refractivity (Wildman–Crippen MR) is 102 cm³/mol. The van der Waals surface area contributed by atoms with Crippen LogP contribution in [0.15, 0.2) is 11.4 Å². The highest BCUT2D eigenvalue weighted by Crippen LogP contribution is 2.46. The largest absolute Gasteiger partial charge is 0.427 e. The van der Waals surface area contributed by atoms with Crippen LogP contribution in [0.3, 0.4) is 0 Å². The molecule has 0 radical (unpaired) electrons. The van der Waals surface area contributed by atoms with Crippen molar-refractivity contribution in [3.8, 4) is 0 Å². The Hall–Kier alpha value is -1.28. The smallest absolute Gasteiger partial charge is 0.370 e. The average molecular weight is 404 g/mol. The quantitative estimate of drug-likeness (QED) is 0.786. The molecule has 1 aliphatic heterocycles. The van der Waals surface area contributed by atoms with Crippen molar-refractivity contribution >= 4 is 22.9 Å². The van der Waals surface area contributed by atoms with Gasteiger partial charge in [0.25, 0.3) is 0 Å². The van der Waals surface area contributed by atoms with Crippen LogP contribution < -0.4 is 10.6 Å². The van der Waals surface area contributed by atoms with Crippen molar-refractivity contribution < 1.29 is 18.0 Å². The molecule has 4 atom stereocenters. The third-order valence-electron chi connectivity index (χ3n) is 6.10. The molecule has 8 heteroatoms. The van der Waals surface area contributed by atoms with E-state index in [0.717, 1.165) is 24.2 Å². The lowest BCUT2D eigenvalue weighted by molar-refractivity contribution is -0.134. The Morgan fingerprint density at radius 2 is 2.07 bits per heavy atom. The minimum Gasteiger partial charge on any atom is -0.370 e. The Morgan fingerprint density at radius 3 is 2.67 bits per heavy atom. The van der Waals surface area contributed by atoms with Crippen LogP contribution in [-0.2, 0) is 11.0 Å². The van der Waals surface area contributed by atoms with Gasteiger partial charge in [-0.1, -0.05) is 13.8 Å². The van der Waals surface area contributed by atoms with E-state index in [1.807, 2.05) is 11.9 Å². The highest BCUT2D eigenvalue weighted by molar-refractivity contribution is 7.10. The Balaban J connectivity index is 1.75. The molecule has 2 heterocycles. The molecular weight excluding hydrogens is 375 g/mol. The lowest BCUT2D eigenvalue weighted by Gasteiger charge is -2.35. The number of rotatable bonds is 6. The van der Waals surface area contributed by atoms with Gasteiger partial charge in [-0.3, -0.25) is 9.69 Å². The molecule has 2 fully saturated rings. The fraction of sp³-hybridized carbons (Fsp3) is 0.737. The maximum Gasteiger partial charge on any atom is 0.427 e. The number of carbonyl (C=O) groups excluding carboxylic acids is 1. The molecule has 1 aromatic rings. The Morgan fingerprint density at radius 1 is 1.37 bits per heavy atom. The summed E-state index contributed by atoms with van der Waals surface area (Å²) in [6, 6.07) is 1.44. The van der Waals surface area contributed by atoms with Gasteiger partial charge < -0.3 is 10.6 Å². The summed E-state index contributed by atoms with van der Waals surface area (Å²) >= 11 is 0.756. The molecule has 0 bridgehead atoms. The molecule has 3 unspecified atom stereocenters. The van der Waals surface area contributed by atoms with Crippen LogP contribution in [-0.4, -0.2) is 43.0 Å². The number of hydrogen-bond donors (Lipinski definition) is 1. The van der Waals surface area contributed by atoms with E-state index in [0.29, 0.717) is 37.0 Å². The topological polar surface area (TPSA) is 49.6 Å². The number of nitrogens with zero attached hydrogens (tertiary/aromatic N) is 2. The summed E-state index contributed by atoms with van der Waals surface area (Å²) in [5, 5.41) is 1.52. The molecule has 1 saturated heterocycles. The van der Waals surface area contributed by atoms with E-state index in [9.17, 15) is 18.0 Å². The summed E-state index contributed by atoms with van der Waals surface area (Å²) in [6.07, 6.45) is -1.66. The van der Waals surface area contributed by atoms with Crippen LogP contribution in [0.5, 0.6) is 0 Å². The van der Waals surface area contributed by atoms with Crippen LogP contribution in [0.1, 0.15) is 38.0 Å². The van der Waals surface area contributed by atoms with Crippen molar-refractivity contribution in [3.05, 3.63) is 16.3 Å². The second-order valence-electron chi connectivity index (χ2n) is 8.32. The second-order valence-corrected chi connectivity index (χ2v) is 9.24. The van der Waals surface area contributed by atoms with Crippen LogP contribution in [0, 0.1) is 17.8 Å². The number of amides is 1. The summed E-state index contributed by atoms with van der Waals surface area (Å²) in [5.74, 6) is 0.667. The summed E-state index contributed by atoms with van der Waals surface area (Å²) < 4.78 is 39.8. The number of thiophene rings is 1. The summed E-state index contributed by atoms with van der Waals surface area (Å²) in [6.45, 7) is 5.38. The third kappa shape index (κ3) is 4.11. The van der Waals surface area contributed by atoms with Gasteiger partial charge in [-0.15, -0.1) is 11.3 Å². The molecule has 1 aromatic heterocycles. The summed E-state index contributed by atoms with van der Waals surface area (Å²) in [5.41, 5.74) is 5.95. The van der Waals surface area contributed by atoms with E-state index in [1.165, 1.54) is 5.38 Å². The van der Waals surface area contributed by atoms with Crippen LogP contribution in [0.25, 0.3) is 0 Å². The second kappa shape index (κ2) is 7.62. The number of carbonyl (C=O) groups is 1. The zero-order valence-corrected chi connectivity index (χ0v) is 16.8. The van der Waals surface area contributed by atoms with Gasteiger partial charge in [-0.05, 0) is 55.5 Å². The van der Waals surface area contributed by atoms with Crippen molar-refractivity contribution in [3.63, 3.8) is 0 Å². The molecule has 1 saturated carbocycles. The first kappa shape index (κ1) is 20.5. The number of nitrogens with two attached hydrogens (primary N) is 1. The minimum atomic E-state index is -4.31. The standard InChI is InChI=1S/C19H28F3N3OS/c1-11(2)8-16(18(23)26)24(3)14-5-4-12-9-25(10-13(12)14)15-6-7-27-17(15)19(20,21)22/h6-7,11-14,16H,4-5,8-10H2,1-3H3,(H2,23,26)/t12?,13?,14?,16-/m0/s1. The number of primary amides is 1. The number of anilines is 1. The number of fused-ring (bicyclic) bond motifs is 1. The van der Waals surface area contributed by atoms with Crippen molar-refractivity contribution in [2.75, 3.05) is 25.0 Å². The van der Waals surface area contributed by atoms with Gasteiger partial charge in [-0.25, -0.2) is 0 Å². The van der Waals surface area contributed by atoms with Crippen LogP contribution >= 0.6 is 11.3 Å². The molecule has 1 aliphatic carbocycles. The SMILES string of the molecule is CC(C)C[C@@H](C(N)=O)N(C)C1CCC2CN(c3ccsc3C(F)(F)F)CC21. The Bertz CT molecular complexity index is 675. The van der Waals surface area contributed by atoms with Gasteiger partial charge in [0, 0.05) is 19.1 Å². The highest BCUT2D eigenvalue weighted by Gasteiger charge is 2.47. The Kier molecular flexibility index (Phi) is 5.77. The van der Waals surface area contributed by atoms with E-state index in [4.69, 9.17) is 5.73 Å². The number of likely N-dealkylation sites (N-methyl/N-ethyl adjacent to an activating group) is 1. The number of alkyl halides is 3. The summed E-state index contributed by atoms with van der Waals surface area (Å²) in [7, 11) is 1.94. The minimum absolute atomic E-state index is 0.184. The van der Waals surface area contributed by atoms with Gasteiger partial charge >= 0.3 is 6.18 Å². The van der Waals surface area contributed by atoms with E-state index >= 15 is 0 Å². The molecular formula is C19H28F3N3OS. The molecule has 1 amide bonds. The van der Waals surface area contributed by atoms with Crippen molar-refractivity contribution in [2.45, 2.75) is 51.4 Å². The fourth-order valence-corrected chi connectivity index (χ4v) is 5.65. The van der Waals surface area contributed by atoms with Crippen LogP contribution in [0.2, 0.25) is 0 Å². The molecule has 2 N–H and O–H groups in total. The van der Waals surface area contributed by atoms with Gasteiger partial charge in [0.1, 0.15) is 4.88 Å². The zero-order chi connectivity index (χ0) is 19.9. The van der Waals surface area contributed by atoms with E-state index in [2.05, 4.69) is 18.7 Å². The fourth-order valence-electron chi connectivity index (χ4n) is 4.86. The maximum absolute atomic E-state index is 13.3. The molecule has 3 rings (SSSR count). The van der Waals surface area contributed by atoms with Crippen molar-refractivity contribution in [1.29, 1.82) is 0 Å². The van der Waals surface area contributed by atoms with Gasteiger partial charge in [-0.2, -0.15) is 13.2 Å².